The number of benzene rings is 2. The summed E-state index contributed by atoms with van der Waals surface area (Å²) in [6.45, 7) is 6.19. The molecule has 0 radical (unpaired) electrons. The molecule has 0 atom stereocenters. The van der Waals surface area contributed by atoms with Crippen molar-refractivity contribution in [2.75, 3.05) is 20.2 Å². The largest absolute Gasteiger partial charge is 0.496 e. The Morgan fingerprint density at radius 2 is 1.93 bits per heavy atom. The molecule has 0 fully saturated rings. The van der Waals surface area contributed by atoms with E-state index >= 15 is 0 Å². The molecule has 3 aromatic rings. The third-order valence-corrected chi connectivity index (χ3v) is 4.57. The van der Waals surface area contributed by atoms with Crippen molar-refractivity contribution < 1.29 is 4.74 Å². The van der Waals surface area contributed by atoms with E-state index in [1.807, 2.05) is 30.5 Å². The first kappa shape index (κ1) is 23.7. The molecule has 0 aliphatic heterocycles. The summed E-state index contributed by atoms with van der Waals surface area (Å²) in [4.78, 5) is 12.4. The van der Waals surface area contributed by atoms with Crippen LogP contribution in [-0.4, -0.2) is 36.1 Å². The van der Waals surface area contributed by atoms with E-state index in [0.717, 1.165) is 48.3 Å². The SMILES string of the molecule is CCNC(=NCc1ncc(-c2ccccc2)[nH]1)NCCc1cc(C)ccc1OC.I. The Morgan fingerprint density at radius 3 is 2.67 bits per heavy atom. The third kappa shape index (κ3) is 6.76. The van der Waals surface area contributed by atoms with Gasteiger partial charge in [0.15, 0.2) is 5.96 Å². The van der Waals surface area contributed by atoms with Crippen molar-refractivity contribution in [3.63, 3.8) is 0 Å². The van der Waals surface area contributed by atoms with Crippen molar-refractivity contribution in [2.24, 2.45) is 4.99 Å². The van der Waals surface area contributed by atoms with Crippen molar-refractivity contribution in [1.82, 2.24) is 20.6 Å². The third-order valence-electron chi connectivity index (χ3n) is 4.57. The summed E-state index contributed by atoms with van der Waals surface area (Å²) in [5.41, 5.74) is 4.54. The van der Waals surface area contributed by atoms with Gasteiger partial charge in [-0.25, -0.2) is 9.98 Å². The number of guanidine groups is 1. The fraction of sp³-hybridized carbons (Fsp3) is 0.304. The van der Waals surface area contributed by atoms with Gasteiger partial charge in [0.05, 0.1) is 19.0 Å². The topological polar surface area (TPSA) is 74.3 Å². The summed E-state index contributed by atoms with van der Waals surface area (Å²) in [6, 6.07) is 16.4. The van der Waals surface area contributed by atoms with E-state index in [2.05, 4.69) is 63.7 Å². The fourth-order valence-electron chi connectivity index (χ4n) is 3.12. The first-order valence-corrected chi connectivity index (χ1v) is 9.94. The molecule has 0 spiro atoms. The fourth-order valence-corrected chi connectivity index (χ4v) is 3.12. The predicted octanol–water partition coefficient (Wildman–Crippen LogP) is 4.31. The van der Waals surface area contributed by atoms with Gasteiger partial charge in [-0.15, -0.1) is 24.0 Å². The van der Waals surface area contributed by atoms with Crippen molar-refractivity contribution in [3.05, 3.63) is 71.7 Å². The normalized spacial score (nSPS) is 11.0. The smallest absolute Gasteiger partial charge is 0.191 e. The molecule has 0 amide bonds. The lowest BCUT2D eigenvalue weighted by molar-refractivity contribution is 0.409. The number of aromatic nitrogens is 2. The number of halogens is 1. The molecule has 1 aromatic heterocycles. The highest BCUT2D eigenvalue weighted by Gasteiger charge is 2.06. The molecule has 0 saturated carbocycles. The summed E-state index contributed by atoms with van der Waals surface area (Å²) in [5, 5.41) is 6.67. The summed E-state index contributed by atoms with van der Waals surface area (Å²) in [5.74, 6) is 2.53. The standard InChI is InChI=1S/C23H29N5O.HI/c1-4-24-23(25-13-12-19-14-17(2)10-11-21(19)29-3)27-16-22-26-15-20(28-22)18-8-6-5-7-9-18;/h5-11,14-15H,4,12-13,16H2,1-3H3,(H,26,28)(H2,24,25,27);1H. The molecule has 1 heterocycles. The maximum absolute atomic E-state index is 5.46. The molecule has 3 rings (SSSR count). The number of hydrogen-bond donors (Lipinski definition) is 3. The van der Waals surface area contributed by atoms with E-state index in [1.54, 1.807) is 7.11 Å². The maximum Gasteiger partial charge on any atom is 0.191 e. The van der Waals surface area contributed by atoms with Crippen LogP contribution in [0.25, 0.3) is 11.3 Å². The monoisotopic (exact) mass is 519 g/mol. The molecular weight excluding hydrogens is 489 g/mol. The van der Waals surface area contributed by atoms with Gasteiger partial charge < -0.3 is 20.4 Å². The van der Waals surface area contributed by atoms with Crippen molar-refractivity contribution in [2.45, 2.75) is 26.8 Å². The van der Waals surface area contributed by atoms with Crippen molar-refractivity contribution in [1.29, 1.82) is 0 Å². The predicted molar refractivity (Wildman–Crippen MR) is 134 cm³/mol. The first-order valence-electron chi connectivity index (χ1n) is 9.94. The first-order chi connectivity index (χ1) is 14.2. The lowest BCUT2D eigenvalue weighted by atomic mass is 10.1. The van der Waals surface area contributed by atoms with E-state index in [0.29, 0.717) is 6.54 Å². The van der Waals surface area contributed by atoms with Gasteiger partial charge in [0.25, 0.3) is 0 Å². The number of aryl methyl sites for hydroxylation is 1. The quantitative estimate of drug-likeness (QED) is 0.236. The van der Waals surface area contributed by atoms with Crippen molar-refractivity contribution in [3.8, 4) is 17.0 Å². The Labute approximate surface area is 195 Å². The van der Waals surface area contributed by atoms with Gasteiger partial charge in [0.1, 0.15) is 18.1 Å². The molecule has 0 unspecified atom stereocenters. The number of hydrogen-bond acceptors (Lipinski definition) is 3. The van der Waals surface area contributed by atoms with Crippen LogP contribution in [0.4, 0.5) is 0 Å². The van der Waals surface area contributed by atoms with Gasteiger partial charge in [0, 0.05) is 13.1 Å². The minimum atomic E-state index is 0. The molecule has 0 aliphatic rings. The molecule has 7 heteroatoms. The van der Waals surface area contributed by atoms with E-state index in [4.69, 9.17) is 4.74 Å². The number of imidazole rings is 1. The van der Waals surface area contributed by atoms with E-state index in [-0.39, 0.29) is 24.0 Å². The second-order valence-corrected chi connectivity index (χ2v) is 6.80. The van der Waals surface area contributed by atoms with Crippen LogP contribution in [0, 0.1) is 6.92 Å². The Kier molecular flexibility index (Phi) is 9.66. The van der Waals surface area contributed by atoms with Gasteiger partial charge in [-0.2, -0.15) is 0 Å². The molecular formula is C23H30IN5O. The molecule has 3 N–H and O–H groups in total. The Hall–Kier alpha value is -2.55. The number of nitrogens with zero attached hydrogens (tertiary/aromatic N) is 2. The summed E-state index contributed by atoms with van der Waals surface area (Å²) >= 11 is 0. The van der Waals surface area contributed by atoms with Crippen LogP contribution in [0.15, 0.2) is 59.7 Å². The highest BCUT2D eigenvalue weighted by molar-refractivity contribution is 14.0. The number of ether oxygens (including phenoxy) is 1. The second kappa shape index (κ2) is 12.2. The molecule has 0 aliphatic carbocycles. The van der Waals surface area contributed by atoms with Crippen LogP contribution in [-0.2, 0) is 13.0 Å². The van der Waals surface area contributed by atoms with Gasteiger partial charge in [-0.3, -0.25) is 0 Å². The zero-order valence-electron chi connectivity index (χ0n) is 17.7. The number of methoxy groups -OCH3 is 1. The highest BCUT2D eigenvalue weighted by atomic mass is 127. The van der Waals surface area contributed by atoms with Gasteiger partial charge in [-0.1, -0.05) is 48.0 Å². The van der Waals surface area contributed by atoms with E-state index in [1.165, 1.54) is 11.1 Å². The molecule has 2 aromatic carbocycles. The lowest BCUT2D eigenvalue weighted by Gasteiger charge is -2.13. The molecule has 30 heavy (non-hydrogen) atoms. The number of nitrogens with one attached hydrogen (secondary N) is 3. The number of aliphatic imine (C=N–C) groups is 1. The molecule has 6 nitrogen and oxygen atoms in total. The van der Waals surface area contributed by atoms with Crippen molar-refractivity contribution >= 4 is 29.9 Å². The van der Waals surface area contributed by atoms with E-state index in [9.17, 15) is 0 Å². The lowest BCUT2D eigenvalue weighted by Crippen LogP contribution is -2.38. The van der Waals surface area contributed by atoms with Crippen LogP contribution >= 0.6 is 24.0 Å². The Morgan fingerprint density at radius 1 is 1.13 bits per heavy atom. The van der Waals surface area contributed by atoms with E-state index < -0.39 is 0 Å². The molecule has 160 valence electrons. The number of aromatic amines is 1. The molecule has 0 saturated heterocycles. The van der Waals surface area contributed by atoms with Crippen LogP contribution in [0.3, 0.4) is 0 Å². The summed E-state index contributed by atoms with van der Waals surface area (Å²) in [7, 11) is 1.71. The van der Waals surface area contributed by atoms with Crippen LogP contribution in [0.2, 0.25) is 0 Å². The van der Waals surface area contributed by atoms with Crippen LogP contribution in [0.5, 0.6) is 5.75 Å². The molecule has 0 bridgehead atoms. The van der Waals surface area contributed by atoms with Crippen LogP contribution < -0.4 is 15.4 Å². The van der Waals surface area contributed by atoms with Gasteiger partial charge in [0.2, 0.25) is 0 Å². The summed E-state index contributed by atoms with van der Waals surface area (Å²) in [6.07, 6.45) is 2.71. The number of rotatable bonds is 8. The average Bonchev–Trinajstić information content (AvgIpc) is 3.22. The second-order valence-electron chi connectivity index (χ2n) is 6.80. The average molecular weight is 519 g/mol. The minimum Gasteiger partial charge on any atom is -0.496 e. The Bertz CT molecular complexity index is 940. The maximum atomic E-state index is 5.46. The number of H-pyrrole nitrogens is 1. The zero-order valence-corrected chi connectivity index (χ0v) is 20.1. The van der Waals surface area contributed by atoms with Gasteiger partial charge in [-0.05, 0) is 37.5 Å². The minimum absolute atomic E-state index is 0. The van der Waals surface area contributed by atoms with Crippen LogP contribution in [0.1, 0.15) is 23.9 Å². The Balaban J connectivity index is 0.00000320. The van der Waals surface area contributed by atoms with Gasteiger partial charge >= 0.3 is 0 Å². The summed E-state index contributed by atoms with van der Waals surface area (Å²) < 4.78 is 5.46. The highest BCUT2D eigenvalue weighted by Crippen LogP contribution is 2.20. The zero-order chi connectivity index (χ0) is 20.5.